The molecule has 1 amide bonds. The molecule has 3 aliphatic rings. The van der Waals surface area contributed by atoms with E-state index in [2.05, 4.69) is 36.2 Å². The summed E-state index contributed by atoms with van der Waals surface area (Å²) in [5.74, 6) is -0.450. The molecule has 1 saturated heterocycles. The molecule has 12 nitrogen and oxygen atoms in total. The fraction of sp³-hybridized carbons (Fsp3) is 0.375. The van der Waals surface area contributed by atoms with Gasteiger partial charge in [0.05, 0.1) is 28.3 Å². The summed E-state index contributed by atoms with van der Waals surface area (Å²) < 4.78 is 52.1. The Balaban J connectivity index is 1.09. The zero-order valence-corrected chi connectivity index (χ0v) is 29.6. The van der Waals surface area contributed by atoms with Crippen LogP contribution in [0.5, 0.6) is 5.75 Å². The Hall–Kier alpha value is -6.04. The largest absolute Gasteiger partial charge is 0.490 e. The van der Waals surface area contributed by atoms with Gasteiger partial charge >= 0.3 is 12.1 Å². The highest BCUT2D eigenvalue weighted by atomic mass is 19.4. The highest BCUT2D eigenvalue weighted by molar-refractivity contribution is 5.99. The molecule has 2 unspecified atom stereocenters. The molecule has 2 atom stereocenters. The number of carboxylic acid groups (broad SMARTS) is 1. The number of anilines is 1. The fourth-order valence-electron chi connectivity index (χ4n) is 8.60. The monoisotopic (exact) mass is 750 g/mol. The Morgan fingerprint density at radius 1 is 0.927 bits per heavy atom. The van der Waals surface area contributed by atoms with Crippen molar-refractivity contribution in [2.45, 2.75) is 63.3 Å². The van der Waals surface area contributed by atoms with Gasteiger partial charge in [-0.2, -0.15) is 18.4 Å². The molecule has 5 heterocycles. The minimum Gasteiger partial charge on any atom is -0.490 e. The summed E-state index contributed by atoms with van der Waals surface area (Å²) in [6, 6.07) is 14.6. The maximum atomic E-state index is 14.7. The molecular weight excluding hydrogens is 713 g/mol. The number of hydrogen-bond acceptors (Lipinski definition) is 9. The predicted molar refractivity (Wildman–Crippen MR) is 194 cm³/mol. The Kier molecular flexibility index (Phi) is 9.58. The number of aliphatic carboxylic acids is 1. The lowest BCUT2D eigenvalue weighted by atomic mass is 9.66. The van der Waals surface area contributed by atoms with E-state index in [0.29, 0.717) is 66.9 Å². The van der Waals surface area contributed by atoms with Crippen molar-refractivity contribution < 1.29 is 32.6 Å². The van der Waals surface area contributed by atoms with Crippen LogP contribution in [0.15, 0.2) is 73.3 Å². The van der Waals surface area contributed by atoms with Gasteiger partial charge in [0.2, 0.25) is 5.95 Å². The maximum Gasteiger partial charge on any atom is 0.434 e. The number of nitrogens with one attached hydrogen (secondary N) is 1. The van der Waals surface area contributed by atoms with Crippen LogP contribution in [0.25, 0.3) is 28.0 Å². The van der Waals surface area contributed by atoms with E-state index in [0.717, 1.165) is 25.3 Å². The molecule has 282 valence electrons. The number of hydrogen-bond donors (Lipinski definition) is 2. The van der Waals surface area contributed by atoms with E-state index in [1.165, 1.54) is 12.3 Å². The molecule has 2 aliphatic carbocycles. The summed E-state index contributed by atoms with van der Waals surface area (Å²) in [5.41, 5.74) is -0.766. The number of carbonyl (C=O) groups is 2. The van der Waals surface area contributed by atoms with Crippen molar-refractivity contribution in [2.24, 2.45) is 17.8 Å². The molecule has 55 heavy (non-hydrogen) atoms. The molecule has 3 fully saturated rings. The van der Waals surface area contributed by atoms with Gasteiger partial charge in [0.25, 0.3) is 5.91 Å². The molecule has 0 radical (unpaired) electrons. The topological polar surface area (TPSA) is 159 Å². The Labute approximate surface area is 314 Å². The van der Waals surface area contributed by atoms with Crippen LogP contribution in [0.2, 0.25) is 0 Å². The average molecular weight is 751 g/mol. The van der Waals surface area contributed by atoms with Gasteiger partial charge in [-0.05, 0) is 86.4 Å². The number of benzene rings is 1. The molecule has 2 saturated carbocycles. The van der Waals surface area contributed by atoms with Gasteiger partial charge in [-0.15, -0.1) is 0 Å². The second-order valence-corrected chi connectivity index (χ2v) is 14.6. The number of pyridine rings is 2. The van der Waals surface area contributed by atoms with E-state index in [4.69, 9.17) is 4.74 Å². The van der Waals surface area contributed by atoms with E-state index < -0.39 is 35.2 Å². The summed E-state index contributed by atoms with van der Waals surface area (Å²) >= 11 is 0. The number of nitriles is 1. The number of carbonyl (C=O) groups excluding carboxylic acids is 1. The van der Waals surface area contributed by atoms with Gasteiger partial charge in [0, 0.05) is 73.8 Å². The minimum absolute atomic E-state index is 0.0156. The van der Waals surface area contributed by atoms with Crippen molar-refractivity contribution in [3.05, 3.63) is 90.1 Å². The molecular formula is C40H37F3N8O4. The van der Waals surface area contributed by atoms with E-state index in [1.54, 1.807) is 59.6 Å². The van der Waals surface area contributed by atoms with E-state index >= 15 is 0 Å². The second kappa shape index (κ2) is 14.7. The zero-order valence-electron chi connectivity index (χ0n) is 29.6. The highest BCUT2D eigenvalue weighted by Gasteiger charge is 2.41. The number of halogens is 3. The first-order valence-electron chi connectivity index (χ1n) is 18.4. The molecule has 2 bridgehead atoms. The number of rotatable bonds is 8. The third kappa shape index (κ3) is 7.41. The van der Waals surface area contributed by atoms with Crippen molar-refractivity contribution in [2.75, 3.05) is 18.0 Å². The third-order valence-corrected chi connectivity index (χ3v) is 11.0. The van der Waals surface area contributed by atoms with Crippen LogP contribution in [0.3, 0.4) is 0 Å². The summed E-state index contributed by atoms with van der Waals surface area (Å²) in [4.78, 5) is 44.3. The number of ether oxygens (including phenoxy) is 1. The lowest BCUT2D eigenvalue weighted by molar-refractivity contribution is -0.144. The molecule has 1 aromatic carbocycles. The average Bonchev–Trinajstić information content (AvgIpc) is 3.56. The summed E-state index contributed by atoms with van der Waals surface area (Å²) in [7, 11) is 0. The minimum atomic E-state index is -4.95. The van der Waals surface area contributed by atoms with Gasteiger partial charge in [0.15, 0.2) is 11.5 Å². The predicted octanol–water partition coefficient (Wildman–Crippen LogP) is 6.83. The first kappa shape index (κ1) is 36.0. The van der Waals surface area contributed by atoms with Gasteiger partial charge in [-0.1, -0.05) is 0 Å². The first-order valence-corrected chi connectivity index (χ1v) is 18.4. The SMILES string of the molecule is N#Cc1cccnc1-n1cc(-c2ccc(C(=O)NC3CC4CC(C3)CC(C(=O)O)C4)c(C(F)(F)F)n2)c2ccc(OC3CCN(c4ncccn4)CC3)cc21. The van der Waals surface area contributed by atoms with Crippen molar-refractivity contribution in [3.63, 3.8) is 0 Å². The number of carboxylic acids is 1. The van der Waals surface area contributed by atoms with E-state index in [9.17, 15) is 33.1 Å². The van der Waals surface area contributed by atoms with Crippen molar-refractivity contribution >= 4 is 28.7 Å². The molecule has 0 spiro atoms. The third-order valence-electron chi connectivity index (χ3n) is 11.0. The van der Waals surface area contributed by atoms with Crippen LogP contribution in [-0.2, 0) is 11.0 Å². The number of nitrogens with zero attached hydrogens (tertiary/aromatic N) is 7. The molecule has 1 aliphatic heterocycles. The second-order valence-electron chi connectivity index (χ2n) is 14.6. The van der Waals surface area contributed by atoms with Crippen LogP contribution < -0.4 is 15.0 Å². The van der Waals surface area contributed by atoms with Gasteiger partial charge in [-0.25, -0.2) is 19.9 Å². The van der Waals surface area contributed by atoms with Gasteiger partial charge < -0.3 is 20.1 Å². The van der Waals surface area contributed by atoms with Crippen LogP contribution in [-0.4, -0.2) is 66.7 Å². The Morgan fingerprint density at radius 2 is 1.65 bits per heavy atom. The molecule has 5 aromatic rings. The van der Waals surface area contributed by atoms with Crippen LogP contribution in [0.4, 0.5) is 19.1 Å². The van der Waals surface area contributed by atoms with Gasteiger partial charge in [-0.3, -0.25) is 14.2 Å². The number of piperidine rings is 1. The van der Waals surface area contributed by atoms with Crippen molar-refractivity contribution in [1.82, 2.24) is 29.8 Å². The number of fused-ring (bicyclic) bond motifs is 3. The summed E-state index contributed by atoms with van der Waals surface area (Å²) in [6.45, 7) is 1.40. The Bertz CT molecular complexity index is 2270. The molecule has 2 N–H and O–H groups in total. The number of aromatic nitrogens is 5. The van der Waals surface area contributed by atoms with E-state index in [1.807, 2.05) is 0 Å². The van der Waals surface area contributed by atoms with Crippen LogP contribution in [0, 0.1) is 29.1 Å². The van der Waals surface area contributed by atoms with Crippen LogP contribution in [0.1, 0.15) is 66.6 Å². The maximum absolute atomic E-state index is 14.7. The number of alkyl halides is 3. The lowest BCUT2D eigenvalue weighted by Gasteiger charge is -2.41. The molecule has 4 aromatic heterocycles. The highest BCUT2D eigenvalue weighted by Crippen LogP contribution is 2.43. The normalized spacial score (nSPS) is 21.5. The Morgan fingerprint density at radius 3 is 2.35 bits per heavy atom. The quantitative estimate of drug-likeness (QED) is 0.172. The first-order chi connectivity index (χ1) is 26.5. The fourth-order valence-corrected chi connectivity index (χ4v) is 8.60. The zero-order chi connectivity index (χ0) is 38.3. The van der Waals surface area contributed by atoms with Crippen molar-refractivity contribution in [1.29, 1.82) is 5.26 Å². The van der Waals surface area contributed by atoms with Gasteiger partial charge in [0.1, 0.15) is 17.9 Å². The number of amides is 1. The summed E-state index contributed by atoms with van der Waals surface area (Å²) in [5, 5.41) is 22.8. The van der Waals surface area contributed by atoms with Crippen LogP contribution >= 0.6 is 0 Å². The lowest BCUT2D eigenvalue weighted by Crippen LogP contribution is -2.44. The molecule has 8 rings (SSSR count). The summed E-state index contributed by atoms with van der Waals surface area (Å²) in [6.07, 6.45) is 5.83. The smallest absolute Gasteiger partial charge is 0.434 e. The van der Waals surface area contributed by atoms with E-state index in [-0.39, 0.29) is 41.1 Å². The van der Waals surface area contributed by atoms with Crippen molar-refractivity contribution in [3.8, 4) is 28.9 Å². The molecule has 15 heteroatoms. The standard InChI is InChI=1S/C40H37F3N8O4/c41-40(42,43)35-31(37(52)48-27-18-23-15-24(19-27)17-26(16-23)38(53)54)6-7-33(49-35)32-22-51(36-25(21-44)3-1-10-45-36)34-20-29(4-5-30(32)34)55-28-8-13-50(14-9-28)39-46-11-2-12-47-39/h1-7,10-12,20,22-24,26-28H,8-9,13-19H2,(H,48,52)(H,53,54).